The van der Waals surface area contributed by atoms with Gasteiger partial charge in [-0.2, -0.15) is 0 Å². The SMILES string of the molecule is COc1ccc(C(=O)CC[N+](C)(C)C)c(CO)c1. The lowest BCUT2D eigenvalue weighted by Crippen LogP contribution is -2.36. The third-order valence-corrected chi connectivity index (χ3v) is 2.79. The number of ether oxygens (including phenoxy) is 1. The van der Waals surface area contributed by atoms with Gasteiger partial charge in [-0.3, -0.25) is 4.79 Å². The quantitative estimate of drug-likeness (QED) is 0.616. The molecule has 0 heterocycles. The second-order valence-electron chi connectivity index (χ2n) is 5.37. The van der Waals surface area contributed by atoms with E-state index >= 15 is 0 Å². The molecular weight excluding hydrogens is 230 g/mol. The zero-order valence-electron chi connectivity index (χ0n) is 11.6. The van der Waals surface area contributed by atoms with Crippen molar-refractivity contribution in [3.63, 3.8) is 0 Å². The van der Waals surface area contributed by atoms with Crippen LogP contribution in [0.25, 0.3) is 0 Å². The van der Waals surface area contributed by atoms with Gasteiger partial charge in [-0.15, -0.1) is 0 Å². The van der Waals surface area contributed by atoms with Gasteiger partial charge in [-0.1, -0.05) is 0 Å². The molecule has 0 aromatic heterocycles. The molecule has 0 aliphatic rings. The molecule has 0 fully saturated rings. The van der Waals surface area contributed by atoms with E-state index < -0.39 is 0 Å². The summed E-state index contributed by atoms with van der Waals surface area (Å²) in [5.41, 5.74) is 1.22. The third kappa shape index (κ3) is 4.13. The molecule has 0 radical (unpaired) electrons. The van der Waals surface area contributed by atoms with E-state index in [-0.39, 0.29) is 12.4 Å². The minimum atomic E-state index is -0.150. The molecule has 1 aromatic carbocycles. The zero-order chi connectivity index (χ0) is 13.8. The van der Waals surface area contributed by atoms with E-state index in [1.807, 2.05) is 21.1 Å². The Kier molecular flexibility index (Phi) is 4.87. The van der Waals surface area contributed by atoms with Crippen LogP contribution in [0.2, 0.25) is 0 Å². The summed E-state index contributed by atoms with van der Waals surface area (Å²) >= 11 is 0. The summed E-state index contributed by atoms with van der Waals surface area (Å²) in [5, 5.41) is 9.30. The number of carbonyl (C=O) groups is 1. The lowest BCUT2D eigenvalue weighted by molar-refractivity contribution is -0.869. The number of benzene rings is 1. The highest BCUT2D eigenvalue weighted by Crippen LogP contribution is 2.19. The second kappa shape index (κ2) is 5.98. The number of rotatable bonds is 6. The highest BCUT2D eigenvalue weighted by atomic mass is 16.5. The predicted octanol–water partition coefficient (Wildman–Crippen LogP) is 1.47. The van der Waals surface area contributed by atoms with E-state index in [4.69, 9.17) is 4.74 Å². The number of hydrogen-bond acceptors (Lipinski definition) is 3. The maximum Gasteiger partial charge on any atom is 0.168 e. The smallest absolute Gasteiger partial charge is 0.168 e. The molecule has 1 rings (SSSR count). The van der Waals surface area contributed by atoms with Gasteiger partial charge in [0.25, 0.3) is 0 Å². The van der Waals surface area contributed by atoms with Crippen molar-refractivity contribution in [3.05, 3.63) is 29.3 Å². The van der Waals surface area contributed by atoms with Crippen LogP contribution < -0.4 is 4.74 Å². The van der Waals surface area contributed by atoms with Gasteiger partial charge in [-0.25, -0.2) is 0 Å². The number of aliphatic hydroxyl groups excluding tert-OH is 1. The first-order valence-electron chi connectivity index (χ1n) is 5.99. The molecule has 0 saturated heterocycles. The average molecular weight is 252 g/mol. The largest absolute Gasteiger partial charge is 0.497 e. The van der Waals surface area contributed by atoms with E-state index in [0.29, 0.717) is 23.3 Å². The lowest BCUT2D eigenvalue weighted by Gasteiger charge is -2.23. The van der Waals surface area contributed by atoms with Gasteiger partial charge in [0, 0.05) is 5.56 Å². The van der Waals surface area contributed by atoms with Gasteiger partial charge in [0.2, 0.25) is 0 Å². The van der Waals surface area contributed by atoms with Crippen molar-refractivity contribution in [2.75, 3.05) is 34.8 Å². The summed E-state index contributed by atoms with van der Waals surface area (Å²) in [7, 11) is 7.71. The summed E-state index contributed by atoms with van der Waals surface area (Å²) in [4.78, 5) is 12.1. The summed E-state index contributed by atoms with van der Waals surface area (Å²) in [6, 6.07) is 5.18. The number of nitrogens with zero attached hydrogens (tertiary/aromatic N) is 1. The zero-order valence-corrected chi connectivity index (χ0v) is 11.6. The highest BCUT2D eigenvalue weighted by Gasteiger charge is 2.15. The summed E-state index contributed by atoms with van der Waals surface area (Å²) in [5.74, 6) is 0.719. The van der Waals surface area contributed by atoms with Crippen LogP contribution >= 0.6 is 0 Å². The fraction of sp³-hybridized carbons (Fsp3) is 0.500. The molecule has 0 saturated carbocycles. The summed E-state index contributed by atoms with van der Waals surface area (Å²) in [6.45, 7) is 0.623. The van der Waals surface area contributed by atoms with Crippen molar-refractivity contribution < 1.29 is 19.1 Å². The first-order chi connectivity index (χ1) is 8.37. The van der Waals surface area contributed by atoms with E-state index in [1.165, 1.54) is 0 Å². The van der Waals surface area contributed by atoms with Crippen LogP contribution in [-0.4, -0.2) is 50.2 Å². The molecule has 0 atom stereocenters. The van der Waals surface area contributed by atoms with Crippen molar-refractivity contribution in [1.82, 2.24) is 0 Å². The van der Waals surface area contributed by atoms with Crippen molar-refractivity contribution in [1.29, 1.82) is 0 Å². The molecule has 0 bridgehead atoms. The number of hydrogen-bond donors (Lipinski definition) is 1. The molecule has 1 N–H and O–H groups in total. The average Bonchev–Trinajstić information content (AvgIpc) is 2.34. The Balaban J connectivity index is 2.85. The Hall–Kier alpha value is -1.39. The number of methoxy groups -OCH3 is 1. The standard InChI is InChI=1S/C14H22NO3/c1-15(2,3)8-7-14(17)13-6-5-12(18-4)9-11(13)10-16/h5-6,9,16H,7-8,10H2,1-4H3/q+1. The molecule has 0 spiro atoms. The van der Waals surface area contributed by atoms with Crippen LogP contribution in [0.15, 0.2) is 18.2 Å². The molecule has 0 amide bonds. The first kappa shape index (κ1) is 14.7. The minimum Gasteiger partial charge on any atom is -0.497 e. The Labute approximate surface area is 108 Å². The van der Waals surface area contributed by atoms with Gasteiger partial charge in [0.05, 0.1) is 47.8 Å². The maximum atomic E-state index is 12.1. The van der Waals surface area contributed by atoms with Crippen LogP contribution in [0, 0.1) is 0 Å². The fourth-order valence-corrected chi connectivity index (χ4v) is 1.67. The predicted molar refractivity (Wildman–Crippen MR) is 70.8 cm³/mol. The van der Waals surface area contributed by atoms with E-state index in [0.717, 1.165) is 11.0 Å². The summed E-state index contributed by atoms with van der Waals surface area (Å²) in [6.07, 6.45) is 0.475. The first-order valence-corrected chi connectivity index (χ1v) is 5.99. The van der Waals surface area contributed by atoms with Crippen LogP contribution in [0.3, 0.4) is 0 Å². The molecule has 4 heteroatoms. The lowest BCUT2D eigenvalue weighted by atomic mass is 10.0. The topological polar surface area (TPSA) is 46.5 Å². The third-order valence-electron chi connectivity index (χ3n) is 2.79. The Bertz CT molecular complexity index is 422. The highest BCUT2D eigenvalue weighted by molar-refractivity contribution is 5.97. The van der Waals surface area contributed by atoms with Crippen molar-refractivity contribution in [2.45, 2.75) is 13.0 Å². The van der Waals surface area contributed by atoms with E-state index in [9.17, 15) is 9.90 Å². The van der Waals surface area contributed by atoms with Gasteiger partial charge in [-0.05, 0) is 23.8 Å². The van der Waals surface area contributed by atoms with Crippen molar-refractivity contribution in [2.24, 2.45) is 0 Å². The summed E-state index contributed by atoms with van der Waals surface area (Å²) < 4.78 is 5.83. The Morgan fingerprint density at radius 1 is 1.33 bits per heavy atom. The number of Topliss-reactive ketones (excluding diaryl/α,β-unsaturated/α-hetero) is 1. The number of carbonyl (C=O) groups excluding carboxylic acids is 1. The molecular formula is C14H22NO3+. The monoisotopic (exact) mass is 252 g/mol. The van der Waals surface area contributed by atoms with Crippen LogP contribution in [-0.2, 0) is 6.61 Å². The van der Waals surface area contributed by atoms with Gasteiger partial charge < -0.3 is 14.3 Å². The van der Waals surface area contributed by atoms with E-state index in [2.05, 4.69) is 0 Å². The fourth-order valence-electron chi connectivity index (χ4n) is 1.67. The van der Waals surface area contributed by atoms with Crippen LogP contribution in [0.1, 0.15) is 22.3 Å². The molecule has 0 aliphatic carbocycles. The molecule has 0 unspecified atom stereocenters. The maximum absolute atomic E-state index is 12.1. The van der Waals surface area contributed by atoms with Gasteiger partial charge in [0.15, 0.2) is 5.78 Å². The van der Waals surface area contributed by atoms with Crippen LogP contribution in [0.5, 0.6) is 5.75 Å². The molecule has 4 nitrogen and oxygen atoms in total. The van der Waals surface area contributed by atoms with Gasteiger partial charge >= 0.3 is 0 Å². The Morgan fingerprint density at radius 3 is 2.50 bits per heavy atom. The minimum absolute atomic E-state index is 0.0646. The number of aliphatic hydroxyl groups is 1. The van der Waals surface area contributed by atoms with Crippen molar-refractivity contribution >= 4 is 5.78 Å². The second-order valence-corrected chi connectivity index (χ2v) is 5.37. The van der Waals surface area contributed by atoms with E-state index in [1.54, 1.807) is 25.3 Å². The molecule has 100 valence electrons. The Morgan fingerprint density at radius 2 is 2.00 bits per heavy atom. The number of quaternary nitrogens is 1. The number of ketones is 1. The molecule has 18 heavy (non-hydrogen) atoms. The van der Waals surface area contributed by atoms with Gasteiger partial charge in [0.1, 0.15) is 5.75 Å². The normalized spacial score (nSPS) is 11.4. The molecule has 1 aromatic rings. The molecule has 0 aliphatic heterocycles. The van der Waals surface area contributed by atoms with Crippen LogP contribution in [0.4, 0.5) is 0 Å². The van der Waals surface area contributed by atoms with Crippen molar-refractivity contribution in [3.8, 4) is 5.75 Å².